The summed E-state index contributed by atoms with van der Waals surface area (Å²) in [6.07, 6.45) is 5.61. The number of nitrogens with zero attached hydrogens (tertiary/aromatic N) is 4. The molecule has 1 saturated heterocycles. The average molecular weight is 302 g/mol. The number of likely N-dealkylation sites (N-methyl/N-ethyl adjacent to an activating group) is 1. The minimum atomic E-state index is 0.0798. The first-order chi connectivity index (χ1) is 10.5. The molecule has 1 aromatic rings. The molecule has 1 fully saturated rings. The van der Waals surface area contributed by atoms with Crippen molar-refractivity contribution in [1.82, 2.24) is 19.8 Å². The van der Waals surface area contributed by atoms with Crippen molar-refractivity contribution in [3.8, 4) is 0 Å². The predicted octanol–water partition coefficient (Wildman–Crippen LogP) is 2.17. The van der Waals surface area contributed by atoms with Gasteiger partial charge in [-0.2, -0.15) is 0 Å². The molecule has 0 aliphatic carbocycles. The van der Waals surface area contributed by atoms with Gasteiger partial charge in [0.2, 0.25) is 5.91 Å². The molecule has 22 heavy (non-hydrogen) atoms. The molecule has 0 aromatic carbocycles. The normalized spacial score (nSPS) is 22.2. The van der Waals surface area contributed by atoms with E-state index >= 15 is 0 Å². The van der Waals surface area contributed by atoms with E-state index in [1.165, 1.54) is 11.3 Å². The van der Waals surface area contributed by atoms with Crippen LogP contribution in [0.25, 0.3) is 0 Å². The molecule has 1 atom stereocenters. The van der Waals surface area contributed by atoms with Crippen LogP contribution in [0.15, 0.2) is 6.20 Å². The Bertz CT molecular complexity index is 558. The molecule has 0 saturated carbocycles. The summed E-state index contributed by atoms with van der Waals surface area (Å²) in [6.45, 7) is 7.00. The Labute approximate surface area is 132 Å². The van der Waals surface area contributed by atoms with Crippen LogP contribution < -0.4 is 0 Å². The Morgan fingerprint density at radius 1 is 1.41 bits per heavy atom. The van der Waals surface area contributed by atoms with Crippen molar-refractivity contribution in [1.29, 1.82) is 0 Å². The highest BCUT2D eigenvalue weighted by Crippen LogP contribution is 2.31. The van der Waals surface area contributed by atoms with E-state index in [0.29, 0.717) is 12.3 Å². The zero-order valence-corrected chi connectivity index (χ0v) is 13.9. The van der Waals surface area contributed by atoms with Crippen LogP contribution in [0.3, 0.4) is 0 Å². The molecule has 2 aliphatic heterocycles. The Morgan fingerprint density at radius 2 is 2.23 bits per heavy atom. The van der Waals surface area contributed by atoms with E-state index in [1.807, 2.05) is 11.1 Å². The highest BCUT2D eigenvalue weighted by Gasteiger charge is 2.32. The van der Waals surface area contributed by atoms with Crippen molar-refractivity contribution < 1.29 is 4.79 Å². The fourth-order valence-electron chi connectivity index (χ4n) is 3.43. The minimum absolute atomic E-state index is 0.0798. The largest absolute Gasteiger partial charge is 0.332 e. The van der Waals surface area contributed by atoms with Gasteiger partial charge in [0.05, 0.1) is 6.04 Å². The van der Waals surface area contributed by atoms with Crippen LogP contribution in [0.2, 0.25) is 0 Å². The third-order valence-corrected chi connectivity index (χ3v) is 4.60. The highest BCUT2D eigenvalue weighted by molar-refractivity contribution is 5.77. The molecule has 3 rings (SSSR count). The molecule has 120 valence electrons. The number of hydrogen-bond acceptors (Lipinski definition) is 4. The van der Waals surface area contributed by atoms with E-state index < -0.39 is 0 Å². The lowest BCUT2D eigenvalue weighted by molar-refractivity contribution is -0.133. The predicted molar refractivity (Wildman–Crippen MR) is 85.2 cm³/mol. The Morgan fingerprint density at radius 3 is 3.00 bits per heavy atom. The number of hydrogen-bond donors (Lipinski definition) is 0. The molecular weight excluding hydrogens is 276 g/mol. The van der Waals surface area contributed by atoms with Gasteiger partial charge in [-0.25, -0.2) is 9.97 Å². The van der Waals surface area contributed by atoms with Gasteiger partial charge in [0.25, 0.3) is 0 Å². The van der Waals surface area contributed by atoms with Crippen molar-refractivity contribution in [2.24, 2.45) is 5.92 Å². The van der Waals surface area contributed by atoms with Crippen molar-refractivity contribution in [3.63, 3.8) is 0 Å². The first kappa shape index (κ1) is 15.4. The van der Waals surface area contributed by atoms with E-state index in [0.717, 1.165) is 44.7 Å². The third-order valence-electron chi connectivity index (χ3n) is 4.60. The molecular formula is C17H26N4O. The van der Waals surface area contributed by atoms with Crippen LogP contribution in [0.1, 0.15) is 56.2 Å². The number of carbonyl (C=O) groups is 1. The molecule has 1 amide bonds. The first-order valence-electron chi connectivity index (χ1n) is 8.37. The highest BCUT2D eigenvalue weighted by atomic mass is 16.2. The Kier molecular flexibility index (Phi) is 4.43. The molecule has 2 aliphatic rings. The maximum atomic E-state index is 12.4. The summed E-state index contributed by atoms with van der Waals surface area (Å²) in [4.78, 5) is 26.1. The summed E-state index contributed by atoms with van der Waals surface area (Å²) >= 11 is 0. The van der Waals surface area contributed by atoms with E-state index in [2.05, 4.69) is 30.8 Å². The SMILES string of the molecule is CC(C)CC(=O)N1CCC[C@H]1c1ncc2c(n1)CCN(C)C2. The van der Waals surface area contributed by atoms with Gasteiger partial charge < -0.3 is 9.80 Å². The molecule has 0 radical (unpaired) electrons. The molecule has 0 unspecified atom stereocenters. The molecule has 0 N–H and O–H groups in total. The van der Waals surface area contributed by atoms with Crippen LogP contribution in [-0.4, -0.2) is 45.8 Å². The van der Waals surface area contributed by atoms with Gasteiger partial charge in [-0.15, -0.1) is 0 Å². The van der Waals surface area contributed by atoms with Crippen molar-refractivity contribution in [2.45, 2.75) is 52.1 Å². The molecule has 5 heteroatoms. The number of amides is 1. The van der Waals surface area contributed by atoms with E-state index in [1.54, 1.807) is 0 Å². The number of likely N-dealkylation sites (tertiary alicyclic amines) is 1. The molecule has 5 nitrogen and oxygen atoms in total. The molecule has 3 heterocycles. The Hall–Kier alpha value is -1.49. The quantitative estimate of drug-likeness (QED) is 0.858. The van der Waals surface area contributed by atoms with Gasteiger partial charge >= 0.3 is 0 Å². The first-order valence-corrected chi connectivity index (χ1v) is 8.37. The zero-order chi connectivity index (χ0) is 15.7. The van der Waals surface area contributed by atoms with Gasteiger partial charge in [0.15, 0.2) is 5.82 Å². The molecule has 1 aromatic heterocycles. The summed E-state index contributed by atoms with van der Waals surface area (Å²) in [5.41, 5.74) is 2.40. The van der Waals surface area contributed by atoms with Gasteiger partial charge in [-0.3, -0.25) is 4.79 Å². The number of fused-ring (bicyclic) bond motifs is 1. The van der Waals surface area contributed by atoms with Crippen LogP contribution in [0.5, 0.6) is 0 Å². The second kappa shape index (κ2) is 6.32. The number of carbonyl (C=O) groups excluding carboxylic acids is 1. The van der Waals surface area contributed by atoms with Gasteiger partial charge in [0.1, 0.15) is 0 Å². The maximum absolute atomic E-state index is 12.4. The van der Waals surface area contributed by atoms with Crippen LogP contribution in [0, 0.1) is 5.92 Å². The monoisotopic (exact) mass is 302 g/mol. The molecule has 0 bridgehead atoms. The fraction of sp³-hybridized carbons (Fsp3) is 0.706. The standard InChI is InChI=1S/C17H26N4O/c1-12(2)9-16(22)21-7-4-5-15(21)17-18-10-13-11-20(3)8-6-14(13)19-17/h10,12,15H,4-9,11H2,1-3H3/t15-/m0/s1. The smallest absolute Gasteiger partial charge is 0.223 e. The average Bonchev–Trinajstić information content (AvgIpc) is 2.95. The summed E-state index contributed by atoms with van der Waals surface area (Å²) < 4.78 is 0. The second-order valence-corrected chi connectivity index (χ2v) is 7.03. The topological polar surface area (TPSA) is 49.3 Å². The van der Waals surface area contributed by atoms with E-state index in [9.17, 15) is 4.79 Å². The van der Waals surface area contributed by atoms with Gasteiger partial charge in [-0.05, 0) is 25.8 Å². The van der Waals surface area contributed by atoms with Crippen LogP contribution in [0.4, 0.5) is 0 Å². The lowest BCUT2D eigenvalue weighted by Gasteiger charge is -2.27. The maximum Gasteiger partial charge on any atom is 0.223 e. The third kappa shape index (κ3) is 3.14. The fourth-order valence-corrected chi connectivity index (χ4v) is 3.43. The lowest BCUT2D eigenvalue weighted by Crippen LogP contribution is -2.33. The lowest BCUT2D eigenvalue weighted by atomic mass is 10.1. The van der Waals surface area contributed by atoms with Crippen molar-refractivity contribution >= 4 is 5.91 Å². The van der Waals surface area contributed by atoms with Crippen LogP contribution in [-0.2, 0) is 17.8 Å². The van der Waals surface area contributed by atoms with Gasteiger partial charge in [-0.1, -0.05) is 13.8 Å². The van der Waals surface area contributed by atoms with Gasteiger partial charge in [0, 0.05) is 49.9 Å². The summed E-state index contributed by atoms with van der Waals surface area (Å²) in [5, 5.41) is 0. The zero-order valence-electron chi connectivity index (χ0n) is 13.9. The minimum Gasteiger partial charge on any atom is -0.332 e. The summed E-state index contributed by atoms with van der Waals surface area (Å²) in [6, 6.07) is 0.0798. The van der Waals surface area contributed by atoms with E-state index in [-0.39, 0.29) is 11.9 Å². The molecule has 0 spiro atoms. The summed E-state index contributed by atoms with van der Waals surface area (Å²) in [7, 11) is 2.13. The Balaban J connectivity index is 1.79. The number of aromatic nitrogens is 2. The van der Waals surface area contributed by atoms with Crippen molar-refractivity contribution in [2.75, 3.05) is 20.1 Å². The van der Waals surface area contributed by atoms with Crippen LogP contribution >= 0.6 is 0 Å². The summed E-state index contributed by atoms with van der Waals surface area (Å²) in [5.74, 6) is 1.49. The second-order valence-electron chi connectivity index (χ2n) is 7.03. The van der Waals surface area contributed by atoms with Crippen molar-refractivity contribution in [3.05, 3.63) is 23.3 Å². The number of rotatable bonds is 3. The van der Waals surface area contributed by atoms with E-state index in [4.69, 9.17) is 4.98 Å².